The first-order valence-electron chi connectivity index (χ1n) is 9.78. The van der Waals surface area contributed by atoms with Crippen LogP contribution in [0.5, 0.6) is 5.75 Å². The molecule has 0 saturated carbocycles. The third-order valence-corrected chi connectivity index (χ3v) is 6.05. The Morgan fingerprint density at radius 3 is 2.50 bits per heavy atom. The van der Waals surface area contributed by atoms with Gasteiger partial charge in [-0.2, -0.15) is 0 Å². The molecule has 1 heterocycles. The van der Waals surface area contributed by atoms with Gasteiger partial charge in [-0.3, -0.25) is 9.69 Å². The number of ether oxygens (including phenoxy) is 2. The molecule has 1 saturated heterocycles. The summed E-state index contributed by atoms with van der Waals surface area (Å²) in [7, 11) is 1.35. The Morgan fingerprint density at radius 2 is 1.78 bits per heavy atom. The summed E-state index contributed by atoms with van der Waals surface area (Å²) in [5.41, 5.74) is 3.02. The van der Waals surface area contributed by atoms with Crippen molar-refractivity contribution in [2.75, 3.05) is 12.0 Å². The van der Waals surface area contributed by atoms with Gasteiger partial charge in [0.25, 0.3) is 5.91 Å². The predicted molar refractivity (Wildman–Crippen MR) is 131 cm³/mol. The monoisotopic (exact) mass is 461 g/mol. The number of nitrogens with zero attached hydrogens (tertiary/aromatic N) is 1. The highest BCUT2D eigenvalue weighted by atomic mass is 32.2. The van der Waals surface area contributed by atoms with Gasteiger partial charge in [-0.1, -0.05) is 66.4 Å². The number of benzene rings is 3. The van der Waals surface area contributed by atoms with Crippen LogP contribution in [0.25, 0.3) is 6.08 Å². The summed E-state index contributed by atoms with van der Waals surface area (Å²) in [5.74, 6) is 0.167. The molecule has 3 aromatic carbocycles. The van der Waals surface area contributed by atoms with Crippen LogP contribution in [0.1, 0.15) is 21.5 Å². The van der Waals surface area contributed by atoms with E-state index in [1.54, 1.807) is 17.0 Å². The summed E-state index contributed by atoms with van der Waals surface area (Å²) >= 11 is 6.70. The molecular weight excluding hydrogens is 442 g/mol. The van der Waals surface area contributed by atoms with Gasteiger partial charge in [-0.25, -0.2) is 4.79 Å². The number of hydrogen-bond donors (Lipinski definition) is 0. The van der Waals surface area contributed by atoms with Crippen LogP contribution in [0, 0.1) is 0 Å². The number of para-hydroxylation sites is 1. The topological polar surface area (TPSA) is 55.8 Å². The molecule has 0 aromatic heterocycles. The Bertz CT molecular complexity index is 1190. The van der Waals surface area contributed by atoms with Crippen molar-refractivity contribution in [2.24, 2.45) is 0 Å². The SMILES string of the molecule is COC(=O)c1ccc(COc2cccc(C=C3SC(=S)N(c4ccccc4)C3=O)c2)cc1. The Balaban J connectivity index is 1.45. The fourth-order valence-corrected chi connectivity index (χ4v) is 4.43. The molecule has 160 valence electrons. The number of hydrogen-bond acceptors (Lipinski definition) is 6. The quantitative estimate of drug-likeness (QED) is 0.276. The number of thioether (sulfide) groups is 1. The van der Waals surface area contributed by atoms with Gasteiger partial charge in [0.1, 0.15) is 12.4 Å². The standard InChI is InChI=1S/C25H19NO4S2/c1-29-24(28)19-12-10-17(11-13-19)16-30-21-9-5-6-18(14-21)15-22-23(27)26(25(31)32-22)20-7-3-2-4-8-20/h2-15H,16H2,1H3. The number of thiocarbonyl (C=S) groups is 1. The van der Waals surface area contributed by atoms with Crippen LogP contribution in [0.15, 0.2) is 83.8 Å². The van der Waals surface area contributed by atoms with E-state index in [-0.39, 0.29) is 11.9 Å². The normalized spacial score (nSPS) is 14.7. The summed E-state index contributed by atoms with van der Waals surface area (Å²) in [5, 5.41) is 0. The summed E-state index contributed by atoms with van der Waals surface area (Å²) in [6.07, 6.45) is 1.82. The van der Waals surface area contributed by atoms with Crippen molar-refractivity contribution in [3.63, 3.8) is 0 Å². The average Bonchev–Trinajstić information content (AvgIpc) is 3.10. The predicted octanol–water partition coefficient (Wildman–Crippen LogP) is 5.46. The molecule has 0 spiro atoms. The van der Waals surface area contributed by atoms with Gasteiger partial charge in [0.2, 0.25) is 0 Å². The number of carbonyl (C=O) groups is 2. The highest BCUT2D eigenvalue weighted by Gasteiger charge is 2.33. The molecule has 0 radical (unpaired) electrons. The molecule has 32 heavy (non-hydrogen) atoms. The Morgan fingerprint density at radius 1 is 1.03 bits per heavy atom. The van der Waals surface area contributed by atoms with E-state index in [1.165, 1.54) is 18.9 Å². The number of methoxy groups -OCH3 is 1. The van der Waals surface area contributed by atoms with E-state index < -0.39 is 0 Å². The number of carbonyl (C=O) groups excluding carboxylic acids is 2. The average molecular weight is 462 g/mol. The van der Waals surface area contributed by atoms with Crippen molar-refractivity contribution in [3.8, 4) is 5.75 Å². The first-order chi connectivity index (χ1) is 15.5. The van der Waals surface area contributed by atoms with Crippen molar-refractivity contribution < 1.29 is 19.1 Å². The molecule has 1 aliphatic heterocycles. The van der Waals surface area contributed by atoms with E-state index in [1.807, 2.05) is 72.8 Å². The van der Waals surface area contributed by atoms with E-state index in [0.29, 0.717) is 27.1 Å². The van der Waals surface area contributed by atoms with Gasteiger partial charge in [0.05, 0.1) is 23.3 Å². The fraction of sp³-hybridized carbons (Fsp3) is 0.0800. The lowest BCUT2D eigenvalue weighted by Gasteiger charge is -2.13. The molecular formula is C25H19NO4S2. The lowest BCUT2D eigenvalue weighted by atomic mass is 10.1. The van der Waals surface area contributed by atoms with E-state index in [9.17, 15) is 9.59 Å². The van der Waals surface area contributed by atoms with Gasteiger partial charge in [-0.05, 0) is 53.6 Å². The van der Waals surface area contributed by atoms with Crippen molar-refractivity contribution in [1.29, 1.82) is 0 Å². The van der Waals surface area contributed by atoms with Crippen LogP contribution < -0.4 is 9.64 Å². The fourth-order valence-electron chi connectivity index (χ4n) is 3.13. The maximum Gasteiger partial charge on any atom is 0.337 e. The largest absolute Gasteiger partial charge is 0.489 e. The van der Waals surface area contributed by atoms with E-state index >= 15 is 0 Å². The zero-order chi connectivity index (χ0) is 22.5. The van der Waals surface area contributed by atoms with Gasteiger partial charge >= 0.3 is 5.97 Å². The van der Waals surface area contributed by atoms with E-state index in [4.69, 9.17) is 21.7 Å². The molecule has 4 rings (SSSR count). The van der Waals surface area contributed by atoms with Crippen LogP contribution in [-0.4, -0.2) is 23.3 Å². The van der Waals surface area contributed by atoms with Gasteiger partial charge in [0, 0.05) is 0 Å². The van der Waals surface area contributed by atoms with E-state index in [2.05, 4.69) is 0 Å². The molecule has 0 atom stereocenters. The van der Waals surface area contributed by atoms with E-state index in [0.717, 1.165) is 16.8 Å². The number of anilines is 1. The molecule has 0 unspecified atom stereocenters. The minimum absolute atomic E-state index is 0.136. The minimum atomic E-state index is -0.372. The maximum absolute atomic E-state index is 12.9. The van der Waals surface area contributed by atoms with Crippen molar-refractivity contribution in [1.82, 2.24) is 0 Å². The third kappa shape index (κ3) is 4.90. The highest BCUT2D eigenvalue weighted by molar-refractivity contribution is 8.27. The van der Waals surface area contributed by atoms with Crippen molar-refractivity contribution in [3.05, 3.63) is 100 Å². The number of amides is 1. The van der Waals surface area contributed by atoms with Crippen LogP contribution in [0.4, 0.5) is 5.69 Å². The Kier molecular flexibility index (Phi) is 6.68. The first-order valence-corrected chi connectivity index (χ1v) is 11.0. The number of rotatable bonds is 6. The summed E-state index contributed by atoms with van der Waals surface area (Å²) in [4.78, 5) is 26.5. The second kappa shape index (κ2) is 9.80. The zero-order valence-electron chi connectivity index (χ0n) is 17.2. The molecule has 0 bridgehead atoms. The third-order valence-electron chi connectivity index (χ3n) is 4.74. The smallest absolute Gasteiger partial charge is 0.337 e. The van der Waals surface area contributed by atoms with Gasteiger partial charge in [0.15, 0.2) is 4.32 Å². The minimum Gasteiger partial charge on any atom is -0.489 e. The molecule has 1 amide bonds. The van der Waals surface area contributed by atoms with Gasteiger partial charge < -0.3 is 9.47 Å². The van der Waals surface area contributed by atoms with Gasteiger partial charge in [-0.15, -0.1) is 0 Å². The van der Waals surface area contributed by atoms with Crippen LogP contribution >= 0.6 is 24.0 Å². The molecule has 0 aliphatic carbocycles. The van der Waals surface area contributed by atoms with Crippen LogP contribution in [-0.2, 0) is 16.1 Å². The summed E-state index contributed by atoms with van der Waals surface area (Å²) in [6.45, 7) is 0.348. The lowest BCUT2D eigenvalue weighted by Crippen LogP contribution is -2.27. The maximum atomic E-state index is 12.9. The summed E-state index contributed by atoms with van der Waals surface area (Å²) < 4.78 is 11.1. The second-order valence-electron chi connectivity index (χ2n) is 6.90. The molecule has 1 aliphatic rings. The first kappa shape index (κ1) is 21.8. The molecule has 0 N–H and O–H groups in total. The van der Waals surface area contributed by atoms with Crippen LogP contribution in [0.3, 0.4) is 0 Å². The molecule has 5 nitrogen and oxygen atoms in total. The molecule has 7 heteroatoms. The molecule has 3 aromatic rings. The second-order valence-corrected chi connectivity index (χ2v) is 8.58. The summed E-state index contributed by atoms with van der Waals surface area (Å²) in [6, 6.07) is 23.9. The van der Waals surface area contributed by atoms with Crippen molar-refractivity contribution in [2.45, 2.75) is 6.61 Å². The lowest BCUT2D eigenvalue weighted by molar-refractivity contribution is -0.113. The number of esters is 1. The Labute approximate surface area is 195 Å². The Hall–Kier alpha value is -3.42. The zero-order valence-corrected chi connectivity index (χ0v) is 18.8. The highest BCUT2D eigenvalue weighted by Crippen LogP contribution is 2.36. The molecule has 1 fully saturated rings. The van der Waals surface area contributed by atoms with Crippen LogP contribution in [0.2, 0.25) is 0 Å². The van der Waals surface area contributed by atoms with Crippen molar-refractivity contribution >= 4 is 51.9 Å².